The third-order valence-electron chi connectivity index (χ3n) is 3.58. The molecule has 0 aliphatic rings. The van der Waals surface area contributed by atoms with Crippen LogP contribution < -0.4 is 14.8 Å². The molecular weight excluding hydrogens is 238 g/mol. The SMILES string of the molecule is CCCC(C)CC(NC)c1c(OC)cccc1OC. The number of methoxy groups -OCH3 is 2. The van der Waals surface area contributed by atoms with Gasteiger partial charge in [-0.3, -0.25) is 0 Å². The van der Waals surface area contributed by atoms with Crippen LogP contribution in [0.1, 0.15) is 44.7 Å². The first-order chi connectivity index (χ1) is 9.17. The van der Waals surface area contributed by atoms with Crippen molar-refractivity contribution in [3.8, 4) is 11.5 Å². The highest BCUT2D eigenvalue weighted by molar-refractivity contribution is 5.47. The van der Waals surface area contributed by atoms with Crippen molar-refractivity contribution in [3.63, 3.8) is 0 Å². The maximum atomic E-state index is 5.49. The van der Waals surface area contributed by atoms with E-state index in [1.54, 1.807) is 14.2 Å². The van der Waals surface area contributed by atoms with E-state index in [-0.39, 0.29) is 6.04 Å². The molecule has 19 heavy (non-hydrogen) atoms. The Hall–Kier alpha value is -1.22. The highest BCUT2D eigenvalue weighted by atomic mass is 16.5. The predicted octanol–water partition coefficient (Wildman–Crippen LogP) is 3.79. The lowest BCUT2D eigenvalue weighted by molar-refractivity contribution is 0.351. The van der Waals surface area contributed by atoms with Crippen LogP contribution in [0.3, 0.4) is 0 Å². The molecule has 0 fully saturated rings. The summed E-state index contributed by atoms with van der Waals surface area (Å²) in [5, 5.41) is 3.40. The molecule has 0 aromatic heterocycles. The molecular formula is C16H27NO2. The normalized spacial score (nSPS) is 13.9. The van der Waals surface area contributed by atoms with Crippen molar-refractivity contribution in [1.82, 2.24) is 5.32 Å². The van der Waals surface area contributed by atoms with E-state index in [0.717, 1.165) is 23.5 Å². The zero-order valence-corrected chi connectivity index (χ0v) is 12.8. The third-order valence-corrected chi connectivity index (χ3v) is 3.58. The molecule has 3 heteroatoms. The Labute approximate surface area is 117 Å². The Morgan fingerprint density at radius 2 is 1.74 bits per heavy atom. The first kappa shape index (κ1) is 15.8. The minimum Gasteiger partial charge on any atom is -0.496 e. The van der Waals surface area contributed by atoms with Crippen molar-refractivity contribution >= 4 is 0 Å². The Bertz CT molecular complexity index is 357. The van der Waals surface area contributed by atoms with Gasteiger partial charge in [0.05, 0.1) is 19.8 Å². The summed E-state index contributed by atoms with van der Waals surface area (Å²) in [5.74, 6) is 2.46. The Balaban J connectivity index is 3.02. The summed E-state index contributed by atoms with van der Waals surface area (Å²) in [6.07, 6.45) is 3.55. The molecule has 1 rings (SSSR count). The number of nitrogens with one attached hydrogen (secondary N) is 1. The van der Waals surface area contributed by atoms with E-state index in [9.17, 15) is 0 Å². The second kappa shape index (κ2) is 8.05. The summed E-state index contributed by atoms with van der Waals surface area (Å²) in [6.45, 7) is 4.53. The van der Waals surface area contributed by atoms with Crippen LogP contribution in [0.4, 0.5) is 0 Å². The minimum atomic E-state index is 0.257. The first-order valence-corrected chi connectivity index (χ1v) is 7.06. The van der Waals surface area contributed by atoms with Crippen LogP contribution in [-0.4, -0.2) is 21.3 Å². The molecule has 0 aliphatic carbocycles. The average Bonchev–Trinajstić information content (AvgIpc) is 2.44. The van der Waals surface area contributed by atoms with Crippen LogP contribution in [0.2, 0.25) is 0 Å². The Morgan fingerprint density at radius 3 is 2.16 bits per heavy atom. The van der Waals surface area contributed by atoms with Gasteiger partial charge >= 0.3 is 0 Å². The summed E-state index contributed by atoms with van der Waals surface area (Å²) in [6, 6.07) is 6.20. The fourth-order valence-electron chi connectivity index (χ4n) is 2.62. The van der Waals surface area contributed by atoms with Gasteiger partial charge in [0.15, 0.2) is 0 Å². The van der Waals surface area contributed by atoms with Crippen molar-refractivity contribution in [3.05, 3.63) is 23.8 Å². The number of benzene rings is 1. The van der Waals surface area contributed by atoms with Gasteiger partial charge in [0.2, 0.25) is 0 Å². The van der Waals surface area contributed by atoms with Crippen molar-refractivity contribution in [1.29, 1.82) is 0 Å². The molecule has 3 nitrogen and oxygen atoms in total. The standard InChI is InChI=1S/C16H27NO2/c1-6-8-12(2)11-13(17-3)16-14(18-4)9-7-10-15(16)19-5/h7,9-10,12-13,17H,6,8,11H2,1-5H3. The molecule has 1 N–H and O–H groups in total. The van der Waals surface area contributed by atoms with Gasteiger partial charge in [-0.1, -0.05) is 32.8 Å². The molecule has 0 aliphatic heterocycles. The predicted molar refractivity (Wildman–Crippen MR) is 80.0 cm³/mol. The minimum absolute atomic E-state index is 0.257. The van der Waals surface area contributed by atoms with Crippen LogP contribution in [0.25, 0.3) is 0 Å². The molecule has 2 unspecified atom stereocenters. The van der Waals surface area contributed by atoms with Crippen LogP contribution in [0, 0.1) is 5.92 Å². The summed E-state index contributed by atoms with van der Waals surface area (Å²) in [5.41, 5.74) is 1.12. The third kappa shape index (κ3) is 4.13. The molecule has 1 aromatic carbocycles. The van der Waals surface area contributed by atoms with Crippen molar-refractivity contribution in [2.24, 2.45) is 5.92 Å². The number of hydrogen-bond donors (Lipinski definition) is 1. The lowest BCUT2D eigenvalue weighted by atomic mass is 9.92. The molecule has 0 saturated carbocycles. The van der Waals surface area contributed by atoms with Gasteiger partial charge < -0.3 is 14.8 Å². The van der Waals surface area contributed by atoms with E-state index >= 15 is 0 Å². The lowest BCUT2D eigenvalue weighted by Gasteiger charge is -2.24. The maximum Gasteiger partial charge on any atom is 0.127 e. The molecule has 0 spiro atoms. The molecule has 2 atom stereocenters. The fourth-order valence-corrected chi connectivity index (χ4v) is 2.62. The first-order valence-electron chi connectivity index (χ1n) is 7.06. The van der Waals surface area contributed by atoms with Crippen LogP contribution in [0.15, 0.2) is 18.2 Å². The van der Waals surface area contributed by atoms with Gasteiger partial charge in [-0.05, 0) is 31.5 Å². The summed E-state index contributed by atoms with van der Waals surface area (Å²) in [7, 11) is 5.41. The average molecular weight is 265 g/mol. The second-order valence-corrected chi connectivity index (χ2v) is 5.05. The van der Waals surface area contributed by atoms with Gasteiger partial charge in [0.1, 0.15) is 11.5 Å². The van der Waals surface area contributed by atoms with Gasteiger partial charge in [-0.15, -0.1) is 0 Å². The highest BCUT2D eigenvalue weighted by Crippen LogP contribution is 2.37. The van der Waals surface area contributed by atoms with E-state index in [0.29, 0.717) is 5.92 Å². The number of hydrogen-bond acceptors (Lipinski definition) is 3. The van der Waals surface area contributed by atoms with Crippen LogP contribution in [-0.2, 0) is 0 Å². The Morgan fingerprint density at radius 1 is 1.16 bits per heavy atom. The number of ether oxygens (including phenoxy) is 2. The molecule has 0 bridgehead atoms. The summed E-state index contributed by atoms with van der Waals surface area (Å²) < 4.78 is 11.0. The maximum absolute atomic E-state index is 5.49. The van der Waals surface area contributed by atoms with Gasteiger partial charge in [0, 0.05) is 6.04 Å². The molecule has 0 saturated heterocycles. The molecule has 1 aromatic rings. The van der Waals surface area contributed by atoms with E-state index < -0.39 is 0 Å². The van der Waals surface area contributed by atoms with Gasteiger partial charge in [-0.2, -0.15) is 0 Å². The van der Waals surface area contributed by atoms with Gasteiger partial charge in [0.25, 0.3) is 0 Å². The van der Waals surface area contributed by atoms with E-state index in [2.05, 4.69) is 19.2 Å². The monoisotopic (exact) mass is 265 g/mol. The van der Waals surface area contributed by atoms with Crippen LogP contribution in [0.5, 0.6) is 11.5 Å². The molecule has 0 radical (unpaired) electrons. The molecule has 108 valence electrons. The van der Waals surface area contributed by atoms with E-state index in [1.807, 2.05) is 25.2 Å². The quantitative estimate of drug-likeness (QED) is 0.775. The largest absolute Gasteiger partial charge is 0.496 e. The van der Waals surface area contributed by atoms with Crippen molar-refractivity contribution < 1.29 is 9.47 Å². The zero-order chi connectivity index (χ0) is 14.3. The summed E-state index contributed by atoms with van der Waals surface area (Å²) >= 11 is 0. The van der Waals surface area contributed by atoms with Crippen molar-refractivity contribution in [2.75, 3.05) is 21.3 Å². The second-order valence-electron chi connectivity index (χ2n) is 5.05. The van der Waals surface area contributed by atoms with E-state index in [1.165, 1.54) is 12.8 Å². The topological polar surface area (TPSA) is 30.5 Å². The van der Waals surface area contributed by atoms with Crippen molar-refractivity contribution in [2.45, 2.75) is 39.2 Å². The van der Waals surface area contributed by atoms with Gasteiger partial charge in [-0.25, -0.2) is 0 Å². The zero-order valence-electron chi connectivity index (χ0n) is 12.8. The molecule has 0 heterocycles. The highest BCUT2D eigenvalue weighted by Gasteiger charge is 2.21. The number of rotatable bonds is 8. The summed E-state index contributed by atoms with van der Waals surface area (Å²) in [4.78, 5) is 0. The van der Waals surface area contributed by atoms with E-state index in [4.69, 9.17) is 9.47 Å². The Kier molecular flexibility index (Phi) is 6.71. The smallest absolute Gasteiger partial charge is 0.127 e. The molecule has 0 amide bonds. The lowest BCUT2D eigenvalue weighted by Crippen LogP contribution is -2.20. The van der Waals surface area contributed by atoms with Crippen LogP contribution >= 0.6 is 0 Å². The fraction of sp³-hybridized carbons (Fsp3) is 0.625.